The van der Waals surface area contributed by atoms with Gasteiger partial charge in [-0.25, -0.2) is 4.79 Å². The van der Waals surface area contributed by atoms with Crippen molar-refractivity contribution >= 4 is 11.7 Å². The van der Waals surface area contributed by atoms with E-state index in [0.29, 0.717) is 13.0 Å². The molecule has 0 bridgehead atoms. The predicted octanol–water partition coefficient (Wildman–Crippen LogP) is 1.99. The number of methoxy groups -OCH3 is 1. The number of anilines is 1. The molecule has 5 nitrogen and oxygen atoms in total. The Bertz CT molecular complexity index is 404. The summed E-state index contributed by atoms with van der Waals surface area (Å²) in [6, 6.07) is 7.26. The summed E-state index contributed by atoms with van der Waals surface area (Å²) in [7, 11) is 5.41. The second-order valence-electron chi connectivity index (χ2n) is 4.80. The molecule has 0 aliphatic heterocycles. The molecule has 1 N–H and O–H groups in total. The molecule has 112 valence electrons. The highest BCUT2D eigenvalue weighted by Crippen LogP contribution is 2.17. The van der Waals surface area contributed by atoms with Crippen LogP contribution in [0.5, 0.6) is 5.75 Å². The minimum Gasteiger partial charge on any atom is -0.492 e. The van der Waals surface area contributed by atoms with Gasteiger partial charge in [-0.1, -0.05) is 6.92 Å². The van der Waals surface area contributed by atoms with E-state index in [-0.39, 0.29) is 12.0 Å². The molecule has 0 aromatic heterocycles. The van der Waals surface area contributed by atoms with Crippen LogP contribution in [0, 0.1) is 0 Å². The van der Waals surface area contributed by atoms with Crippen LogP contribution in [-0.2, 0) is 9.53 Å². The monoisotopic (exact) mass is 280 g/mol. The first-order chi connectivity index (χ1) is 9.56. The van der Waals surface area contributed by atoms with Crippen LogP contribution in [-0.4, -0.2) is 51.3 Å². The Kier molecular flexibility index (Phi) is 6.87. The van der Waals surface area contributed by atoms with E-state index in [0.717, 1.165) is 18.0 Å². The van der Waals surface area contributed by atoms with Gasteiger partial charge in [0.25, 0.3) is 0 Å². The number of nitrogens with one attached hydrogen (secondary N) is 1. The van der Waals surface area contributed by atoms with Crippen molar-refractivity contribution in [2.75, 3.05) is 39.7 Å². The van der Waals surface area contributed by atoms with Crippen molar-refractivity contribution in [1.82, 2.24) is 4.90 Å². The summed E-state index contributed by atoms with van der Waals surface area (Å²) in [5, 5.41) is 3.14. The lowest BCUT2D eigenvalue weighted by atomic mass is 10.2. The molecule has 0 aliphatic rings. The van der Waals surface area contributed by atoms with Crippen molar-refractivity contribution in [1.29, 1.82) is 0 Å². The molecule has 0 heterocycles. The molecule has 1 aromatic carbocycles. The first kappa shape index (κ1) is 16.3. The zero-order valence-corrected chi connectivity index (χ0v) is 12.7. The summed E-state index contributed by atoms with van der Waals surface area (Å²) in [6.45, 7) is 3.47. The first-order valence-electron chi connectivity index (χ1n) is 6.78. The molecule has 0 aliphatic carbocycles. The van der Waals surface area contributed by atoms with Gasteiger partial charge in [-0.3, -0.25) is 0 Å². The number of nitrogens with zero attached hydrogens (tertiary/aromatic N) is 1. The molecule has 0 amide bonds. The lowest BCUT2D eigenvalue weighted by molar-refractivity contribution is -0.141. The standard InChI is InChI=1S/C15H24N2O3/c1-5-14(15(18)19-4)16-12-6-8-13(9-7-12)20-11-10-17(2)3/h6-9,14,16H,5,10-11H2,1-4H3. The van der Waals surface area contributed by atoms with Crippen molar-refractivity contribution in [3.8, 4) is 5.75 Å². The third kappa shape index (κ3) is 5.48. The molecule has 1 rings (SSSR count). The number of carbonyl (C=O) groups is 1. The Morgan fingerprint density at radius 3 is 2.45 bits per heavy atom. The zero-order valence-electron chi connectivity index (χ0n) is 12.7. The minimum absolute atomic E-state index is 0.251. The molecule has 0 saturated heterocycles. The van der Waals surface area contributed by atoms with Crippen LogP contribution in [0.3, 0.4) is 0 Å². The number of carbonyl (C=O) groups excluding carboxylic acids is 1. The lowest BCUT2D eigenvalue weighted by Crippen LogP contribution is -2.29. The third-order valence-corrected chi connectivity index (χ3v) is 2.90. The van der Waals surface area contributed by atoms with Crippen LogP contribution in [0.2, 0.25) is 0 Å². The van der Waals surface area contributed by atoms with Gasteiger partial charge in [0.15, 0.2) is 0 Å². The zero-order chi connectivity index (χ0) is 15.0. The Balaban J connectivity index is 2.51. The number of benzene rings is 1. The summed E-state index contributed by atoms with van der Waals surface area (Å²) >= 11 is 0. The molecule has 1 atom stereocenters. The summed E-state index contributed by atoms with van der Waals surface area (Å²) in [5.41, 5.74) is 0.877. The fourth-order valence-electron chi connectivity index (χ4n) is 1.66. The van der Waals surface area contributed by atoms with Crippen LogP contribution in [0.15, 0.2) is 24.3 Å². The molecular weight excluding hydrogens is 256 g/mol. The smallest absolute Gasteiger partial charge is 0.328 e. The van der Waals surface area contributed by atoms with E-state index in [9.17, 15) is 4.79 Å². The van der Waals surface area contributed by atoms with Gasteiger partial charge in [0.2, 0.25) is 0 Å². The van der Waals surface area contributed by atoms with E-state index >= 15 is 0 Å². The van der Waals surface area contributed by atoms with Crippen LogP contribution in [0.4, 0.5) is 5.69 Å². The highest BCUT2D eigenvalue weighted by atomic mass is 16.5. The third-order valence-electron chi connectivity index (χ3n) is 2.90. The summed E-state index contributed by atoms with van der Waals surface area (Å²) in [4.78, 5) is 13.6. The van der Waals surface area contributed by atoms with E-state index in [4.69, 9.17) is 9.47 Å². The number of hydrogen-bond acceptors (Lipinski definition) is 5. The minimum atomic E-state index is -0.319. The SMILES string of the molecule is CCC(Nc1ccc(OCCN(C)C)cc1)C(=O)OC. The van der Waals surface area contributed by atoms with Gasteiger partial charge in [-0.15, -0.1) is 0 Å². The van der Waals surface area contributed by atoms with Gasteiger partial charge in [0.1, 0.15) is 18.4 Å². The van der Waals surface area contributed by atoms with Crippen molar-refractivity contribution in [2.24, 2.45) is 0 Å². The average Bonchev–Trinajstić information content (AvgIpc) is 2.45. The van der Waals surface area contributed by atoms with Gasteiger partial charge in [0, 0.05) is 12.2 Å². The van der Waals surface area contributed by atoms with Gasteiger partial charge in [-0.2, -0.15) is 0 Å². The molecule has 5 heteroatoms. The highest BCUT2D eigenvalue weighted by molar-refractivity contribution is 5.79. The van der Waals surface area contributed by atoms with E-state index in [1.54, 1.807) is 0 Å². The van der Waals surface area contributed by atoms with Crippen molar-refractivity contribution < 1.29 is 14.3 Å². The number of esters is 1. The Morgan fingerprint density at radius 2 is 1.95 bits per heavy atom. The second-order valence-corrected chi connectivity index (χ2v) is 4.80. The maximum atomic E-state index is 11.5. The van der Waals surface area contributed by atoms with Crippen molar-refractivity contribution in [3.63, 3.8) is 0 Å². The van der Waals surface area contributed by atoms with Crippen LogP contribution in [0.25, 0.3) is 0 Å². The van der Waals surface area contributed by atoms with Gasteiger partial charge < -0.3 is 19.7 Å². The maximum absolute atomic E-state index is 11.5. The fraction of sp³-hybridized carbons (Fsp3) is 0.533. The predicted molar refractivity (Wildman–Crippen MR) is 80.2 cm³/mol. The number of likely N-dealkylation sites (N-methyl/N-ethyl adjacent to an activating group) is 1. The first-order valence-corrected chi connectivity index (χ1v) is 6.78. The maximum Gasteiger partial charge on any atom is 0.328 e. The normalized spacial score (nSPS) is 12.1. The molecule has 20 heavy (non-hydrogen) atoms. The lowest BCUT2D eigenvalue weighted by Gasteiger charge is -2.16. The van der Waals surface area contributed by atoms with Crippen molar-refractivity contribution in [2.45, 2.75) is 19.4 Å². The number of ether oxygens (including phenoxy) is 2. The molecule has 0 fully saturated rings. The Labute approximate surface area is 120 Å². The topological polar surface area (TPSA) is 50.8 Å². The molecule has 0 radical (unpaired) electrons. The Hall–Kier alpha value is -1.75. The summed E-state index contributed by atoms with van der Waals surface area (Å²) in [5.74, 6) is 0.572. The van der Waals surface area contributed by atoms with Crippen LogP contribution < -0.4 is 10.1 Å². The molecule has 0 saturated carbocycles. The van der Waals surface area contributed by atoms with E-state index in [1.165, 1.54) is 7.11 Å². The molecule has 1 aromatic rings. The van der Waals surface area contributed by atoms with E-state index in [1.807, 2.05) is 45.3 Å². The van der Waals surface area contributed by atoms with Gasteiger partial charge >= 0.3 is 5.97 Å². The number of rotatable bonds is 8. The van der Waals surface area contributed by atoms with E-state index in [2.05, 4.69) is 10.2 Å². The average molecular weight is 280 g/mol. The van der Waals surface area contributed by atoms with Crippen LogP contribution in [0.1, 0.15) is 13.3 Å². The number of hydrogen-bond donors (Lipinski definition) is 1. The molecular formula is C15H24N2O3. The van der Waals surface area contributed by atoms with Crippen LogP contribution >= 0.6 is 0 Å². The van der Waals surface area contributed by atoms with E-state index < -0.39 is 0 Å². The molecule has 0 spiro atoms. The quantitative estimate of drug-likeness (QED) is 0.738. The largest absolute Gasteiger partial charge is 0.492 e. The van der Waals surface area contributed by atoms with Gasteiger partial charge in [0.05, 0.1) is 7.11 Å². The van der Waals surface area contributed by atoms with Crippen molar-refractivity contribution in [3.05, 3.63) is 24.3 Å². The second kappa shape index (κ2) is 8.43. The molecule has 1 unspecified atom stereocenters. The highest BCUT2D eigenvalue weighted by Gasteiger charge is 2.16. The summed E-state index contributed by atoms with van der Waals surface area (Å²) < 4.78 is 10.4. The Morgan fingerprint density at radius 1 is 1.30 bits per heavy atom. The fourth-order valence-corrected chi connectivity index (χ4v) is 1.66. The summed E-state index contributed by atoms with van der Waals surface area (Å²) in [6.07, 6.45) is 0.674. The van der Waals surface area contributed by atoms with Gasteiger partial charge in [-0.05, 0) is 44.8 Å².